The van der Waals surface area contributed by atoms with Crippen molar-refractivity contribution >= 4 is 5.91 Å². The largest absolute Gasteiger partial charge is 0.376 e. The van der Waals surface area contributed by atoms with Crippen molar-refractivity contribution in [3.05, 3.63) is 53.9 Å². The smallest absolute Gasteiger partial charge is 0.227 e. The number of carbonyl (C=O) groups is 1. The molecule has 134 valence electrons. The van der Waals surface area contributed by atoms with Gasteiger partial charge in [-0.3, -0.25) is 9.48 Å². The molecule has 0 N–H and O–H groups in total. The fourth-order valence-electron chi connectivity index (χ4n) is 3.31. The standard InChI is InChI=1S/C20H27N3O2/c1-16-11-21-23(12-16)19-9-6-10-22(13-19)20(24)17(2)14-25-15-18-7-4-3-5-8-18/h3-5,7-8,11-12,17,19H,6,9-10,13-15H2,1-2H3/t17-,19-/m0/s1. The van der Waals surface area contributed by atoms with Gasteiger partial charge in [0.25, 0.3) is 0 Å². The summed E-state index contributed by atoms with van der Waals surface area (Å²) in [5, 5.41) is 4.42. The molecule has 3 rings (SSSR count). The number of piperidine rings is 1. The second-order valence-electron chi connectivity index (χ2n) is 6.98. The Morgan fingerprint density at radius 3 is 2.88 bits per heavy atom. The summed E-state index contributed by atoms with van der Waals surface area (Å²) in [6, 6.07) is 10.3. The first-order chi connectivity index (χ1) is 12.1. The van der Waals surface area contributed by atoms with Crippen LogP contribution in [0.25, 0.3) is 0 Å². The van der Waals surface area contributed by atoms with Crippen LogP contribution in [-0.2, 0) is 16.1 Å². The molecule has 25 heavy (non-hydrogen) atoms. The summed E-state index contributed by atoms with van der Waals surface area (Å²) < 4.78 is 7.75. The first-order valence-electron chi connectivity index (χ1n) is 9.04. The van der Waals surface area contributed by atoms with Gasteiger partial charge in [0, 0.05) is 19.3 Å². The maximum absolute atomic E-state index is 12.7. The van der Waals surface area contributed by atoms with Gasteiger partial charge in [0.2, 0.25) is 5.91 Å². The van der Waals surface area contributed by atoms with E-state index in [-0.39, 0.29) is 17.9 Å². The fraction of sp³-hybridized carbons (Fsp3) is 0.500. The Morgan fingerprint density at radius 1 is 1.36 bits per heavy atom. The van der Waals surface area contributed by atoms with Crippen molar-refractivity contribution in [2.45, 2.75) is 39.3 Å². The molecule has 5 nitrogen and oxygen atoms in total. The van der Waals surface area contributed by atoms with E-state index in [4.69, 9.17) is 4.74 Å². The molecular formula is C20H27N3O2. The van der Waals surface area contributed by atoms with Crippen molar-refractivity contribution in [2.24, 2.45) is 5.92 Å². The van der Waals surface area contributed by atoms with Crippen molar-refractivity contribution in [2.75, 3.05) is 19.7 Å². The Balaban J connectivity index is 1.49. The molecular weight excluding hydrogens is 314 g/mol. The minimum absolute atomic E-state index is 0.123. The Labute approximate surface area is 149 Å². The fourth-order valence-corrected chi connectivity index (χ4v) is 3.31. The molecule has 1 aliphatic heterocycles. The second kappa shape index (κ2) is 8.30. The molecule has 0 unspecified atom stereocenters. The Hall–Kier alpha value is -2.14. The molecule has 2 atom stereocenters. The van der Waals surface area contributed by atoms with Gasteiger partial charge in [-0.15, -0.1) is 0 Å². The predicted molar refractivity (Wildman–Crippen MR) is 97.1 cm³/mol. The van der Waals surface area contributed by atoms with E-state index >= 15 is 0 Å². The van der Waals surface area contributed by atoms with E-state index < -0.39 is 0 Å². The third-order valence-electron chi connectivity index (χ3n) is 4.71. The van der Waals surface area contributed by atoms with Crippen molar-refractivity contribution in [1.29, 1.82) is 0 Å². The number of ether oxygens (including phenoxy) is 1. The van der Waals surface area contributed by atoms with Gasteiger partial charge >= 0.3 is 0 Å². The molecule has 1 aromatic carbocycles. The summed E-state index contributed by atoms with van der Waals surface area (Å²) in [5.74, 6) is 0.0588. The number of benzene rings is 1. The van der Waals surface area contributed by atoms with Crippen LogP contribution in [0.3, 0.4) is 0 Å². The van der Waals surface area contributed by atoms with Crippen molar-refractivity contribution in [3.8, 4) is 0 Å². The molecule has 0 spiro atoms. The van der Waals surface area contributed by atoms with Crippen molar-refractivity contribution < 1.29 is 9.53 Å². The molecule has 5 heteroatoms. The third kappa shape index (κ3) is 4.69. The SMILES string of the molecule is Cc1cnn([C@H]2CCCN(C(=O)[C@@H](C)COCc3ccccc3)C2)c1. The molecule has 0 aliphatic carbocycles. The Kier molecular flexibility index (Phi) is 5.87. The topological polar surface area (TPSA) is 47.4 Å². The summed E-state index contributed by atoms with van der Waals surface area (Å²) in [7, 11) is 0. The minimum atomic E-state index is -0.123. The van der Waals surface area contributed by atoms with Crippen LogP contribution in [0.1, 0.15) is 36.9 Å². The van der Waals surface area contributed by atoms with Crippen LogP contribution in [0.15, 0.2) is 42.7 Å². The highest BCUT2D eigenvalue weighted by Crippen LogP contribution is 2.22. The first-order valence-corrected chi connectivity index (χ1v) is 9.04. The minimum Gasteiger partial charge on any atom is -0.376 e. The second-order valence-corrected chi connectivity index (χ2v) is 6.98. The quantitative estimate of drug-likeness (QED) is 0.810. The summed E-state index contributed by atoms with van der Waals surface area (Å²) in [6.07, 6.45) is 6.03. The molecule has 2 aromatic rings. The predicted octanol–water partition coefficient (Wildman–Crippen LogP) is 3.21. The van der Waals surface area contributed by atoms with E-state index in [2.05, 4.69) is 11.3 Å². The first kappa shape index (κ1) is 17.7. The number of rotatable bonds is 6. The van der Waals surface area contributed by atoms with E-state index in [1.54, 1.807) is 0 Å². The van der Waals surface area contributed by atoms with Crippen LogP contribution < -0.4 is 0 Å². The molecule has 1 fully saturated rings. The van der Waals surface area contributed by atoms with E-state index in [1.165, 1.54) is 0 Å². The zero-order chi connectivity index (χ0) is 17.6. The van der Waals surface area contributed by atoms with Gasteiger partial charge < -0.3 is 9.64 Å². The highest BCUT2D eigenvalue weighted by atomic mass is 16.5. The monoisotopic (exact) mass is 341 g/mol. The van der Waals surface area contributed by atoms with Crippen molar-refractivity contribution in [1.82, 2.24) is 14.7 Å². The normalized spacial score (nSPS) is 19.0. The lowest BCUT2D eigenvalue weighted by Gasteiger charge is -2.34. The zero-order valence-electron chi connectivity index (χ0n) is 15.1. The summed E-state index contributed by atoms with van der Waals surface area (Å²) >= 11 is 0. The number of likely N-dealkylation sites (tertiary alicyclic amines) is 1. The van der Waals surface area contributed by atoms with E-state index in [0.29, 0.717) is 13.2 Å². The maximum Gasteiger partial charge on any atom is 0.227 e. The lowest BCUT2D eigenvalue weighted by Crippen LogP contribution is -2.44. The number of aryl methyl sites for hydroxylation is 1. The van der Waals surface area contributed by atoms with E-state index in [0.717, 1.165) is 37.1 Å². The van der Waals surface area contributed by atoms with Gasteiger partial charge in [0.05, 0.1) is 31.4 Å². The summed E-state index contributed by atoms with van der Waals surface area (Å²) in [5.41, 5.74) is 2.29. The van der Waals surface area contributed by atoms with E-state index in [9.17, 15) is 4.79 Å². The van der Waals surface area contributed by atoms with Gasteiger partial charge in [-0.1, -0.05) is 37.3 Å². The Morgan fingerprint density at radius 2 is 2.16 bits per heavy atom. The average Bonchev–Trinajstić information content (AvgIpc) is 3.08. The highest BCUT2D eigenvalue weighted by molar-refractivity contribution is 5.78. The van der Waals surface area contributed by atoms with Crippen molar-refractivity contribution in [3.63, 3.8) is 0 Å². The highest BCUT2D eigenvalue weighted by Gasteiger charge is 2.28. The lowest BCUT2D eigenvalue weighted by molar-refractivity contribution is -0.138. The van der Waals surface area contributed by atoms with Gasteiger partial charge in [-0.05, 0) is 30.9 Å². The number of hydrogen-bond acceptors (Lipinski definition) is 3. The summed E-state index contributed by atoms with van der Waals surface area (Å²) in [6.45, 7) is 6.57. The maximum atomic E-state index is 12.7. The molecule has 0 saturated carbocycles. The molecule has 1 aromatic heterocycles. The number of hydrogen-bond donors (Lipinski definition) is 0. The van der Waals surface area contributed by atoms with Crippen LogP contribution in [0.5, 0.6) is 0 Å². The molecule has 2 heterocycles. The molecule has 1 saturated heterocycles. The lowest BCUT2D eigenvalue weighted by atomic mass is 10.0. The van der Waals surface area contributed by atoms with Gasteiger partial charge in [0.15, 0.2) is 0 Å². The molecule has 0 radical (unpaired) electrons. The van der Waals surface area contributed by atoms with Crippen LogP contribution >= 0.6 is 0 Å². The van der Waals surface area contributed by atoms with E-state index in [1.807, 2.05) is 60.0 Å². The average molecular weight is 341 g/mol. The molecule has 1 aliphatic rings. The Bertz CT molecular complexity index is 683. The third-order valence-corrected chi connectivity index (χ3v) is 4.71. The summed E-state index contributed by atoms with van der Waals surface area (Å²) in [4.78, 5) is 14.7. The van der Waals surface area contributed by atoms with Crippen LogP contribution in [0.4, 0.5) is 0 Å². The van der Waals surface area contributed by atoms with Crippen LogP contribution in [-0.4, -0.2) is 40.3 Å². The zero-order valence-corrected chi connectivity index (χ0v) is 15.1. The molecule has 0 bridgehead atoms. The van der Waals surface area contributed by atoms with Gasteiger partial charge in [-0.2, -0.15) is 5.10 Å². The molecule has 1 amide bonds. The van der Waals surface area contributed by atoms with Crippen LogP contribution in [0.2, 0.25) is 0 Å². The van der Waals surface area contributed by atoms with Gasteiger partial charge in [-0.25, -0.2) is 0 Å². The number of amides is 1. The number of carbonyl (C=O) groups excluding carboxylic acids is 1. The number of aromatic nitrogens is 2. The van der Waals surface area contributed by atoms with Crippen LogP contribution in [0, 0.1) is 12.8 Å². The van der Waals surface area contributed by atoms with Gasteiger partial charge in [0.1, 0.15) is 0 Å². The number of nitrogens with zero attached hydrogens (tertiary/aromatic N) is 3.